The zero-order chi connectivity index (χ0) is 54.2. The second kappa shape index (κ2) is 21.0. The quantitative estimate of drug-likeness (QED) is 0.113. The van der Waals surface area contributed by atoms with Crippen LogP contribution in [0.2, 0.25) is 0 Å². The summed E-state index contributed by atoms with van der Waals surface area (Å²) in [7, 11) is 0. The fourth-order valence-electron chi connectivity index (χ4n) is 11.4. The van der Waals surface area contributed by atoms with Crippen LogP contribution in [-0.2, 0) is 21.1 Å². The number of imidazole rings is 2. The molecule has 0 aliphatic carbocycles. The molecule has 0 bridgehead atoms. The average Bonchev–Trinajstić information content (AvgIpc) is 4.36. The van der Waals surface area contributed by atoms with Crippen molar-refractivity contribution < 1.29 is 30.2 Å². The summed E-state index contributed by atoms with van der Waals surface area (Å²) in [6, 6.07) is 69.0. The van der Waals surface area contributed by atoms with Crippen molar-refractivity contribution in [3.8, 4) is 67.9 Å². The normalized spacial score (nSPS) is 11.9. The average molecular weight is 1220 g/mol. The smallest absolute Gasteiger partial charge is 0.499 e. The van der Waals surface area contributed by atoms with E-state index in [0.29, 0.717) is 39.6 Å². The van der Waals surface area contributed by atoms with Crippen molar-refractivity contribution in [2.24, 2.45) is 0 Å². The molecule has 5 heterocycles. The number of rotatable bonds is 12. The van der Waals surface area contributed by atoms with Gasteiger partial charge in [-0.2, -0.15) is 0 Å². The molecule has 9 heteroatoms. The molecule has 0 aliphatic rings. The summed E-state index contributed by atoms with van der Waals surface area (Å²) in [6.07, 6.45) is 0. The first kappa shape index (κ1) is 52.3. The third-order valence-electron chi connectivity index (χ3n) is 15.3. The van der Waals surface area contributed by atoms with Gasteiger partial charge in [-0.25, -0.2) is 4.98 Å². The van der Waals surface area contributed by atoms with Crippen molar-refractivity contribution >= 4 is 55.2 Å². The Balaban J connectivity index is 0.00000637. The molecule has 8 aromatic carbocycles. The Hall–Kier alpha value is -8.45. The number of benzene rings is 8. The summed E-state index contributed by atoms with van der Waals surface area (Å²) in [6.45, 7) is 20.2. The monoisotopic (exact) mass is 1220 g/mol. The van der Waals surface area contributed by atoms with Crippen molar-refractivity contribution in [1.82, 2.24) is 29.1 Å². The number of fused-ring (bicyclic) bond motifs is 6. The van der Waals surface area contributed by atoms with Crippen LogP contribution < -0.4 is 4.74 Å². The molecule has 396 valence electrons. The van der Waals surface area contributed by atoms with Crippen molar-refractivity contribution in [2.75, 3.05) is 0 Å². The summed E-state index contributed by atoms with van der Waals surface area (Å²) >= 11 is 0. The van der Waals surface area contributed by atoms with Crippen molar-refractivity contribution in [3.05, 3.63) is 216 Å². The Morgan fingerprint density at radius 1 is 0.438 bits per heavy atom. The van der Waals surface area contributed by atoms with Gasteiger partial charge in [-0.1, -0.05) is 164 Å². The van der Waals surface area contributed by atoms with Gasteiger partial charge in [-0.15, -0.1) is 23.8 Å². The first-order valence-electron chi connectivity index (χ1n) is 27.6. The van der Waals surface area contributed by atoms with Crippen LogP contribution in [0.3, 0.4) is 0 Å². The minimum Gasteiger partial charge on any atom is -0.499 e. The van der Waals surface area contributed by atoms with Crippen LogP contribution in [0.15, 0.2) is 180 Å². The first-order valence-corrected chi connectivity index (χ1v) is 27.6. The number of furan rings is 1. The van der Waals surface area contributed by atoms with Gasteiger partial charge >= 0.3 is 21.1 Å². The minimum absolute atomic E-state index is 0. The maximum atomic E-state index is 7.08. The zero-order valence-corrected chi connectivity index (χ0v) is 48.6. The minimum atomic E-state index is 0. The van der Waals surface area contributed by atoms with Crippen LogP contribution in [0.5, 0.6) is 11.5 Å². The Morgan fingerprint density at radius 2 is 0.950 bits per heavy atom. The van der Waals surface area contributed by atoms with Gasteiger partial charge in [0.05, 0.1) is 55.8 Å². The van der Waals surface area contributed by atoms with E-state index < -0.39 is 0 Å². The van der Waals surface area contributed by atoms with E-state index in [9.17, 15) is 0 Å². The van der Waals surface area contributed by atoms with E-state index in [0.717, 1.165) is 66.9 Å². The number of aryl methyl sites for hydroxylation is 1. The molecule has 0 saturated heterocycles. The molecule has 0 N–H and O–H groups in total. The number of hydrogen-bond donors (Lipinski definition) is 0. The second-order valence-electron chi connectivity index (χ2n) is 22.1. The van der Waals surface area contributed by atoms with Gasteiger partial charge < -0.3 is 18.3 Å². The van der Waals surface area contributed by atoms with Crippen LogP contribution in [0, 0.1) is 19.1 Å². The Bertz CT molecular complexity index is 4430. The van der Waals surface area contributed by atoms with Crippen LogP contribution >= 0.6 is 0 Å². The van der Waals surface area contributed by atoms with E-state index in [1.165, 1.54) is 44.5 Å². The number of ether oxygens (including phenoxy) is 1. The molecule has 80 heavy (non-hydrogen) atoms. The van der Waals surface area contributed by atoms with E-state index in [1.807, 2.05) is 49.4 Å². The number of para-hydroxylation sites is 4. The molecular weight excluding hydrogens is 1160 g/mol. The molecule has 0 radical (unpaired) electrons. The standard InChI is InChI=1S/C71H60N6O2.Pt/c1-41(2)53-34-49(46-21-12-10-13-22-46)35-54(42(3)4)67(53)76-63-29-18-16-27-60(63)74-70(76)48-25-20-26-51(33-48)78-52-38-57-66-65(40-62-59(73-66)32-31-45(9)72-62)79-69(57)58(39-52)71-75-61-28-17-19-30-64(61)77(71)68-55(43(5)6)36-50(37-56(68)44(7)8)47-23-14-11-15-24-47;/h10-32,34-38,40-44H,1-9H3;/q-2;+2. The topological polar surface area (TPSA) is 83.8 Å². The van der Waals surface area contributed by atoms with Crippen LogP contribution in [0.4, 0.5) is 0 Å². The van der Waals surface area contributed by atoms with Gasteiger partial charge in [0.1, 0.15) is 5.58 Å². The summed E-state index contributed by atoms with van der Waals surface area (Å²) in [4.78, 5) is 21.0. The van der Waals surface area contributed by atoms with E-state index in [2.05, 4.69) is 210 Å². The summed E-state index contributed by atoms with van der Waals surface area (Å²) in [5.41, 5.74) is 21.4. The van der Waals surface area contributed by atoms with Crippen molar-refractivity contribution in [1.29, 1.82) is 0 Å². The van der Waals surface area contributed by atoms with Gasteiger partial charge in [0.25, 0.3) is 0 Å². The SMILES string of the molecule is Cc1ccc2nc3c(cc2n1)oc1c(-c2nc4ccccc4n2-c2c(C(C)C)cc(-c4ccccc4)cc2C(C)C)[c-]c(Oc2[c-]c(-c4nc5ccccc5n4-c4c(C(C)C)cc(-c5ccccc5)cc4C(C)C)ccc2)cc13.[Pt+2]. The molecule has 8 nitrogen and oxygen atoms in total. The maximum absolute atomic E-state index is 7.08. The zero-order valence-electron chi connectivity index (χ0n) is 46.4. The van der Waals surface area contributed by atoms with Gasteiger partial charge in [0, 0.05) is 34.6 Å². The number of nitrogens with zero attached hydrogens (tertiary/aromatic N) is 6. The van der Waals surface area contributed by atoms with Gasteiger partial charge in [0.15, 0.2) is 0 Å². The van der Waals surface area contributed by atoms with Crippen LogP contribution in [0.25, 0.3) is 112 Å². The largest absolute Gasteiger partial charge is 2.00 e. The summed E-state index contributed by atoms with van der Waals surface area (Å²) in [5.74, 6) is 3.18. The van der Waals surface area contributed by atoms with Crippen molar-refractivity contribution in [3.63, 3.8) is 0 Å². The van der Waals surface area contributed by atoms with E-state index >= 15 is 0 Å². The molecule has 0 amide bonds. The maximum Gasteiger partial charge on any atom is 2.00 e. The predicted molar refractivity (Wildman–Crippen MR) is 323 cm³/mol. The van der Waals surface area contributed by atoms with Gasteiger partial charge in [0.2, 0.25) is 0 Å². The Morgan fingerprint density at radius 3 is 1.50 bits per heavy atom. The molecule has 0 saturated carbocycles. The van der Waals surface area contributed by atoms with Crippen LogP contribution in [0.1, 0.15) is 107 Å². The van der Waals surface area contributed by atoms with Gasteiger partial charge in [-0.05, 0) is 141 Å². The van der Waals surface area contributed by atoms with Crippen LogP contribution in [-0.4, -0.2) is 29.1 Å². The molecule has 0 fully saturated rings. The van der Waals surface area contributed by atoms with E-state index in [1.54, 1.807) is 0 Å². The number of hydrogen-bond acceptors (Lipinski definition) is 6. The molecule has 0 aliphatic heterocycles. The first-order chi connectivity index (χ1) is 38.4. The third kappa shape index (κ3) is 9.19. The Labute approximate surface area is 481 Å². The van der Waals surface area contributed by atoms with E-state index in [4.69, 9.17) is 29.1 Å². The number of aromatic nitrogens is 6. The molecule has 13 rings (SSSR count). The molecule has 0 spiro atoms. The summed E-state index contributed by atoms with van der Waals surface area (Å²) < 4.78 is 18.7. The second-order valence-corrected chi connectivity index (χ2v) is 22.1. The molecule has 5 aromatic heterocycles. The Kier molecular flexibility index (Phi) is 13.7. The van der Waals surface area contributed by atoms with Gasteiger partial charge in [-0.3, -0.25) is 15.0 Å². The summed E-state index contributed by atoms with van der Waals surface area (Å²) in [5, 5.41) is 0.770. The fourth-order valence-corrected chi connectivity index (χ4v) is 11.4. The number of pyridine rings is 2. The molecular formula is C71H60N6O2Pt. The fraction of sp³-hybridized carbons (Fsp3) is 0.183. The van der Waals surface area contributed by atoms with Crippen molar-refractivity contribution in [2.45, 2.75) is 86.0 Å². The molecule has 0 unspecified atom stereocenters. The third-order valence-corrected chi connectivity index (χ3v) is 15.3. The molecule has 13 aromatic rings. The predicted octanol–water partition coefficient (Wildman–Crippen LogP) is 19.1. The van der Waals surface area contributed by atoms with E-state index in [-0.39, 0.29) is 44.7 Å². The molecule has 0 atom stereocenters.